The molecule has 2 rings (SSSR count). The number of amides is 2. The lowest BCUT2D eigenvalue weighted by Crippen LogP contribution is -2.43. The van der Waals surface area contributed by atoms with Crippen molar-refractivity contribution in [3.8, 4) is 0 Å². The van der Waals surface area contributed by atoms with Crippen LogP contribution in [-0.4, -0.2) is 24.6 Å². The fourth-order valence-corrected chi connectivity index (χ4v) is 1.95. The lowest BCUT2D eigenvalue weighted by atomic mass is 9.98. The molecule has 0 bridgehead atoms. The van der Waals surface area contributed by atoms with Gasteiger partial charge in [-0.3, -0.25) is 9.59 Å². The van der Waals surface area contributed by atoms with Crippen molar-refractivity contribution in [2.45, 2.75) is 12.8 Å². The van der Waals surface area contributed by atoms with Crippen molar-refractivity contribution >= 4 is 29.6 Å². The normalized spacial score (nSPS) is 19.2. The quantitative estimate of drug-likeness (QED) is 0.498. The van der Waals surface area contributed by atoms with Crippen LogP contribution >= 0.6 is 11.6 Å². The molecule has 6 heteroatoms. The molecule has 100 valence electrons. The van der Waals surface area contributed by atoms with Gasteiger partial charge in [-0.15, -0.1) is 0 Å². The molecule has 1 heterocycles. The van der Waals surface area contributed by atoms with Gasteiger partial charge in [-0.05, 0) is 30.5 Å². The van der Waals surface area contributed by atoms with E-state index in [1.54, 1.807) is 24.3 Å². The Morgan fingerprint density at radius 2 is 2.16 bits per heavy atom. The van der Waals surface area contributed by atoms with Gasteiger partial charge in [0, 0.05) is 11.6 Å². The number of hydrogen-bond donors (Lipinski definition) is 2. The maximum Gasteiger partial charge on any atom is 0.252 e. The third kappa shape index (κ3) is 3.79. The van der Waals surface area contributed by atoms with Crippen LogP contribution in [0.2, 0.25) is 5.02 Å². The van der Waals surface area contributed by atoms with Crippen molar-refractivity contribution in [2.24, 2.45) is 11.0 Å². The molecule has 0 unspecified atom stereocenters. The van der Waals surface area contributed by atoms with Crippen molar-refractivity contribution in [3.63, 3.8) is 0 Å². The highest BCUT2D eigenvalue weighted by atomic mass is 35.5. The second-order valence-corrected chi connectivity index (χ2v) is 4.71. The van der Waals surface area contributed by atoms with E-state index in [-0.39, 0.29) is 11.8 Å². The molecule has 2 amide bonds. The van der Waals surface area contributed by atoms with Gasteiger partial charge >= 0.3 is 0 Å². The number of carbonyl (C=O) groups excluding carboxylic acids is 2. The topological polar surface area (TPSA) is 70.6 Å². The van der Waals surface area contributed by atoms with Gasteiger partial charge in [0.1, 0.15) is 5.92 Å². The Hall–Kier alpha value is -1.88. The molecule has 1 aromatic carbocycles. The molecule has 5 nitrogen and oxygen atoms in total. The Morgan fingerprint density at radius 1 is 1.42 bits per heavy atom. The summed E-state index contributed by atoms with van der Waals surface area (Å²) in [5.41, 5.74) is 3.20. The van der Waals surface area contributed by atoms with Crippen molar-refractivity contribution in [1.82, 2.24) is 10.7 Å². The third-order valence-electron chi connectivity index (χ3n) is 2.86. The average Bonchev–Trinajstić information content (AvgIpc) is 2.41. The van der Waals surface area contributed by atoms with Crippen molar-refractivity contribution < 1.29 is 9.59 Å². The van der Waals surface area contributed by atoms with E-state index in [1.165, 1.54) is 6.21 Å². The maximum atomic E-state index is 11.7. The van der Waals surface area contributed by atoms with E-state index in [1.807, 2.05) is 0 Å². The summed E-state index contributed by atoms with van der Waals surface area (Å²) in [6, 6.07) is 7.04. The standard InChI is InChI=1S/C13H14ClN3O2/c14-10-5-3-9(4-6-10)8-16-17-13(19)11-2-1-7-15-12(11)18/h3-6,8,11H,1-2,7H2,(H,15,18)(H,17,19)/t11-/m0/s1. The van der Waals surface area contributed by atoms with Crippen LogP contribution in [0.3, 0.4) is 0 Å². The summed E-state index contributed by atoms with van der Waals surface area (Å²) < 4.78 is 0. The predicted octanol–water partition coefficient (Wildman–Crippen LogP) is 1.32. The summed E-state index contributed by atoms with van der Waals surface area (Å²) in [5.74, 6) is -1.25. The lowest BCUT2D eigenvalue weighted by molar-refractivity contribution is -0.136. The number of halogens is 1. The minimum absolute atomic E-state index is 0.231. The van der Waals surface area contributed by atoms with Crippen LogP contribution in [0.15, 0.2) is 29.4 Å². The van der Waals surface area contributed by atoms with E-state index in [2.05, 4.69) is 15.8 Å². The Bertz CT molecular complexity index is 499. The van der Waals surface area contributed by atoms with Crippen LogP contribution in [0, 0.1) is 5.92 Å². The van der Waals surface area contributed by atoms with Gasteiger partial charge in [-0.2, -0.15) is 5.10 Å². The fourth-order valence-electron chi connectivity index (χ4n) is 1.82. The molecular formula is C13H14ClN3O2. The zero-order valence-corrected chi connectivity index (χ0v) is 11.0. The van der Waals surface area contributed by atoms with Gasteiger partial charge in [0.05, 0.1) is 6.21 Å². The number of benzene rings is 1. The maximum absolute atomic E-state index is 11.7. The van der Waals surface area contributed by atoms with Gasteiger partial charge in [-0.25, -0.2) is 5.43 Å². The van der Waals surface area contributed by atoms with Gasteiger partial charge in [0.15, 0.2) is 0 Å². The Labute approximate surface area is 116 Å². The monoisotopic (exact) mass is 279 g/mol. The van der Waals surface area contributed by atoms with Gasteiger partial charge < -0.3 is 5.32 Å². The molecule has 1 fully saturated rings. The lowest BCUT2D eigenvalue weighted by Gasteiger charge is -2.19. The zero-order chi connectivity index (χ0) is 13.7. The summed E-state index contributed by atoms with van der Waals surface area (Å²) >= 11 is 5.76. The largest absolute Gasteiger partial charge is 0.355 e. The molecule has 1 aromatic rings. The molecular weight excluding hydrogens is 266 g/mol. The molecule has 2 N–H and O–H groups in total. The first kappa shape index (κ1) is 13.5. The first-order valence-corrected chi connectivity index (χ1v) is 6.41. The number of rotatable bonds is 3. The van der Waals surface area contributed by atoms with E-state index in [0.717, 1.165) is 12.0 Å². The van der Waals surface area contributed by atoms with E-state index < -0.39 is 5.92 Å². The molecule has 0 aliphatic carbocycles. The summed E-state index contributed by atoms with van der Waals surface area (Å²) in [5, 5.41) is 7.13. The summed E-state index contributed by atoms with van der Waals surface area (Å²) in [6.07, 6.45) is 2.88. The third-order valence-corrected chi connectivity index (χ3v) is 3.11. The minimum Gasteiger partial charge on any atom is -0.355 e. The van der Waals surface area contributed by atoms with E-state index >= 15 is 0 Å². The molecule has 19 heavy (non-hydrogen) atoms. The smallest absolute Gasteiger partial charge is 0.252 e. The van der Waals surface area contributed by atoms with Crippen LogP contribution in [0.25, 0.3) is 0 Å². The first-order valence-electron chi connectivity index (χ1n) is 6.03. The molecule has 1 aliphatic heterocycles. The molecule has 0 saturated carbocycles. The predicted molar refractivity (Wildman–Crippen MR) is 72.9 cm³/mol. The summed E-state index contributed by atoms with van der Waals surface area (Å²) in [7, 11) is 0. The second kappa shape index (κ2) is 6.33. The summed E-state index contributed by atoms with van der Waals surface area (Å²) in [6.45, 7) is 0.636. The minimum atomic E-state index is -0.642. The number of nitrogens with one attached hydrogen (secondary N) is 2. The van der Waals surface area contributed by atoms with Crippen LogP contribution < -0.4 is 10.7 Å². The Kier molecular flexibility index (Phi) is 4.52. The summed E-state index contributed by atoms with van der Waals surface area (Å²) in [4.78, 5) is 23.2. The zero-order valence-electron chi connectivity index (χ0n) is 10.2. The number of piperidine rings is 1. The molecule has 0 radical (unpaired) electrons. The molecule has 0 spiro atoms. The van der Waals surface area contributed by atoms with Crippen LogP contribution in [-0.2, 0) is 9.59 Å². The Morgan fingerprint density at radius 3 is 2.84 bits per heavy atom. The highest BCUT2D eigenvalue weighted by Crippen LogP contribution is 2.11. The second-order valence-electron chi connectivity index (χ2n) is 4.27. The highest BCUT2D eigenvalue weighted by molar-refractivity contribution is 6.30. The van der Waals surface area contributed by atoms with E-state index in [4.69, 9.17) is 11.6 Å². The first-order chi connectivity index (χ1) is 9.16. The van der Waals surface area contributed by atoms with Crippen molar-refractivity contribution in [3.05, 3.63) is 34.9 Å². The van der Waals surface area contributed by atoms with Crippen molar-refractivity contribution in [2.75, 3.05) is 6.54 Å². The molecule has 1 saturated heterocycles. The number of hydrogen-bond acceptors (Lipinski definition) is 3. The fraction of sp³-hybridized carbons (Fsp3) is 0.308. The van der Waals surface area contributed by atoms with E-state index in [0.29, 0.717) is 18.0 Å². The SMILES string of the molecule is O=C1NCCC[C@@H]1C(=O)NN=Cc1ccc(Cl)cc1. The van der Waals surface area contributed by atoms with E-state index in [9.17, 15) is 9.59 Å². The average molecular weight is 280 g/mol. The van der Waals surface area contributed by atoms with Gasteiger partial charge in [0.25, 0.3) is 5.91 Å². The number of hydrazone groups is 1. The van der Waals surface area contributed by atoms with Gasteiger partial charge in [0.2, 0.25) is 5.91 Å². The van der Waals surface area contributed by atoms with Crippen molar-refractivity contribution in [1.29, 1.82) is 0 Å². The molecule has 0 aromatic heterocycles. The molecule has 1 aliphatic rings. The van der Waals surface area contributed by atoms with Crippen LogP contribution in [0.5, 0.6) is 0 Å². The van der Waals surface area contributed by atoms with Crippen LogP contribution in [0.4, 0.5) is 0 Å². The highest BCUT2D eigenvalue weighted by Gasteiger charge is 2.28. The van der Waals surface area contributed by atoms with Gasteiger partial charge in [-0.1, -0.05) is 23.7 Å². The molecule has 1 atom stereocenters. The number of carbonyl (C=O) groups is 2. The van der Waals surface area contributed by atoms with Crippen LogP contribution in [0.1, 0.15) is 18.4 Å². The Balaban J connectivity index is 1.89. The number of nitrogens with zero attached hydrogens (tertiary/aromatic N) is 1.